The van der Waals surface area contributed by atoms with Gasteiger partial charge in [0.15, 0.2) is 0 Å². The largest absolute Gasteiger partial charge is 0.444 e. The van der Waals surface area contributed by atoms with E-state index in [-0.39, 0.29) is 30.8 Å². The van der Waals surface area contributed by atoms with Crippen LogP contribution in [-0.4, -0.2) is 77.7 Å². The van der Waals surface area contributed by atoms with Crippen molar-refractivity contribution in [1.82, 2.24) is 20.9 Å². The van der Waals surface area contributed by atoms with Crippen molar-refractivity contribution in [3.05, 3.63) is 35.9 Å². The molecule has 4 amide bonds. The van der Waals surface area contributed by atoms with Crippen molar-refractivity contribution in [3.8, 4) is 0 Å². The maximum absolute atomic E-state index is 13.6. The fraction of sp³-hybridized carbons (Fsp3) is 0.643. The third-order valence-corrected chi connectivity index (χ3v) is 7.00. The molecule has 5 atom stereocenters. The highest BCUT2D eigenvalue weighted by Gasteiger charge is 2.44. The number of rotatable bonds is 10. The van der Waals surface area contributed by atoms with E-state index in [2.05, 4.69) is 16.0 Å². The monoisotopic (exact) mass is 545 g/mol. The minimum absolute atomic E-state index is 0.0907. The van der Waals surface area contributed by atoms with E-state index in [1.54, 1.807) is 25.7 Å². The summed E-state index contributed by atoms with van der Waals surface area (Å²) in [5, 5.41) is 8.92. The number of alkyl carbamates (subject to hydrolysis) is 1. The Hall–Kier alpha value is -3.18. The number of amides is 4. The van der Waals surface area contributed by atoms with Crippen molar-refractivity contribution >= 4 is 23.8 Å². The van der Waals surface area contributed by atoms with Crippen molar-refractivity contribution in [2.24, 2.45) is 5.73 Å². The van der Waals surface area contributed by atoms with Crippen LogP contribution in [0.25, 0.3) is 0 Å². The molecular weight excluding hydrogens is 502 g/mol. The van der Waals surface area contributed by atoms with Gasteiger partial charge in [-0.05, 0) is 65.5 Å². The maximum atomic E-state index is 13.6. The van der Waals surface area contributed by atoms with Gasteiger partial charge in [0, 0.05) is 19.0 Å². The number of hydrogen-bond donors (Lipinski definition) is 4. The SMILES string of the molecule is C[C@@H](OCc1ccccc1)[C@H](CCC(N)=O)NC(=O)[C@@H]1CC[C@@H]2CCNC[C@H](NC(=O)OC(C)(C)C)C(=O)N21. The number of ether oxygens (including phenoxy) is 2. The molecule has 11 heteroatoms. The van der Waals surface area contributed by atoms with Gasteiger partial charge in [-0.2, -0.15) is 0 Å². The summed E-state index contributed by atoms with van der Waals surface area (Å²) in [6.07, 6.45) is 1.20. The lowest BCUT2D eigenvalue weighted by Crippen LogP contribution is -2.61. The van der Waals surface area contributed by atoms with E-state index in [0.29, 0.717) is 38.8 Å². The van der Waals surface area contributed by atoms with Gasteiger partial charge in [0.25, 0.3) is 0 Å². The van der Waals surface area contributed by atoms with Crippen LogP contribution in [0.1, 0.15) is 65.4 Å². The standard InChI is InChI=1S/C28H43N5O6/c1-18(38-17-19-8-6-5-7-9-19)21(11-13-24(29)34)31-25(35)23-12-10-20-14-15-30-16-22(26(36)33(20)23)32-27(37)39-28(2,3)4/h5-9,18,20-23,30H,10-17H2,1-4H3,(H2,29,34)(H,31,35)(H,32,37)/t18-,20-,21+,22+,23+/m1/s1. The van der Waals surface area contributed by atoms with Crippen LogP contribution >= 0.6 is 0 Å². The van der Waals surface area contributed by atoms with Crippen LogP contribution in [0.4, 0.5) is 4.79 Å². The number of benzene rings is 1. The van der Waals surface area contributed by atoms with Gasteiger partial charge in [0.1, 0.15) is 17.7 Å². The molecule has 5 N–H and O–H groups in total. The normalized spacial score (nSPS) is 23.1. The molecule has 2 heterocycles. The predicted molar refractivity (Wildman–Crippen MR) is 145 cm³/mol. The molecule has 0 aromatic heterocycles. The van der Waals surface area contributed by atoms with Gasteiger partial charge >= 0.3 is 6.09 Å². The van der Waals surface area contributed by atoms with Gasteiger partial charge < -0.3 is 36.1 Å². The van der Waals surface area contributed by atoms with E-state index >= 15 is 0 Å². The van der Waals surface area contributed by atoms with Crippen LogP contribution in [0.15, 0.2) is 30.3 Å². The van der Waals surface area contributed by atoms with E-state index in [1.165, 1.54) is 0 Å². The second-order valence-corrected chi connectivity index (χ2v) is 11.3. The van der Waals surface area contributed by atoms with Crippen molar-refractivity contribution in [2.75, 3.05) is 13.1 Å². The molecule has 2 aliphatic heterocycles. The Morgan fingerprint density at radius 1 is 1.15 bits per heavy atom. The number of carbonyl (C=O) groups is 4. The van der Waals surface area contributed by atoms with Crippen molar-refractivity contribution in [1.29, 1.82) is 0 Å². The van der Waals surface area contributed by atoms with Crippen molar-refractivity contribution in [3.63, 3.8) is 0 Å². The summed E-state index contributed by atoms with van der Waals surface area (Å²) in [5.74, 6) is -1.09. The molecule has 0 unspecified atom stereocenters. The first-order valence-electron chi connectivity index (χ1n) is 13.7. The van der Waals surface area contributed by atoms with Gasteiger partial charge in [0.05, 0.1) is 18.8 Å². The second-order valence-electron chi connectivity index (χ2n) is 11.3. The average Bonchev–Trinajstić information content (AvgIpc) is 3.28. The number of nitrogens with one attached hydrogen (secondary N) is 3. The molecule has 3 rings (SSSR count). The molecule has 1 aromatic carbocycles. The Morgan fingerprint density at radius 3 is 2.54 bits per heavy atom. The topological polar surface area (TPSA) is 152 Å². The summed E-state index contributed by atoms with van der Waals surface area (Å²) in [6, 6.07) is 7.51. The van der Waals surface area contributed by atoms with E-state index in [4.69, 9.17) is 15.2 Å². The first kappa shape index (κ1) is 30.4. The number of nitrogens with zero attached hydrogens (tertiary/aromatic N) is 1. The highest BCUT2D eigenvalue weighted by molar-refractivity contribution is 5.92. The molecule has 0 radical (unpaired) electrons. The number of fused-ring (bicyclic) bond motifs is 1. The highest BCUT2D eigenvalue weighted by Crippen LogP contribution is 2.28. The number of primary amides is 1. The fourth-order valence-corrected chi connectivity index (χ4v) is 5.02. The quantitative estimate of drug-likeness (QED) is 0.348. The minimum atomic E-state index is -0.866. The summed E-state index contributed by atoms with van der Waals surface area (Å²) in [6.45, 7) is 8.34. The molecule has 39 heavy (non-hydrogen) atoms. The summed E-state index contributed by atoms with van der Waals surface area (Å²) in [5.41, 5.74) is 5.68. The summed E-state index contributed by atoms with van der Waals surface area (Å²) in [4.78, 5) is 52.8. The molecule has 11 nitrogen and oxygen atoms in total. The van der Waals surface area contributed by atoms with Gasteiger partial charge in [-0.25, -0.2) is 4.79 Å². The molecule has 2 fully saturated rings. The Kier molecular flexibility index (Phi) is 10.7. The second kappa shape index (κ2) is 13.7. The van der Waals surface area contributed by atoms with Crippen LogP contribution in [-0.2, 0) is 30.5 Å². The van der Waals surface area contributed by atoms with E-state index in [0.717, 1.165) is 5.56 Å². The van der Waals surface area contributed by atoms with Crippen LogP contribution in [0, 0.1) is 0 Å². The molecule has 0 aliphatic carbocycles. The van der Waals surface area contributed by atoms with Crippen LogP contribution < -0.4 is 21.7 Å². The average molecular weight is 546 g/mol. The van der Waals surface area contributed by atoms with Crippen LogP contribution in [0.2, 0.25) is 0 Å². The summed E-state index contributed by atoms with van der Waals surface area (Å²) < 4.78 is 11.4. The number of nitrogens with two attached hydrogens (primary N) is 1. The predicted octanol–water partition coefficient (Wildman–Crippen LogP) is 1.59. The molecule has 1 aromatic rings. The molecule has 216 valence electrons. The summed E-state index contributed by atoms with van der Waals surface area (Å²) in [7, 11) is 0. The third kappa shape index (κ3) is 9.21. The zero-order valence-corrected chi connectivity index (χ0v) is 23.4. The Morgan fingerprint density at radius 2 is 1.87 bits per heavy atom. The van der Waals surface area contributed by atoms with E-state index < -0.39 is 41.8 Å². The number of hydrogen-bond acceptors (Lipinski definition) is 7. The number of carbonyl (C=O) groups excluding carboxylic acids is 4. The fourth-order valence-electron chi connectivity index (χ4n) is 5.02. The van der Waals surface area contributed by atoms with Crippen molar-refractivity contribution in [2.45, 2.75) is 102 Å². The minimum Gasteiger partial charge on any atom is -0.444 e. The van der Waals surface area contributed by atoms with Gasteiger partial charge in [-0.1, -0.05) is 30.3 Å². The Labute approximate surface area is 230 Å². The molecule has 0 spiro atoms. The van der Waals surface area contributed by atoms with Crippen LogP contribution in [0.3, 0.4) is 0 Å². The van der Waals surface area contributed by atoms with Crippen molar-refractivity contribution < 1.29 is 28.7 Å². The smallest absolute Gasteiger partial charge is 0.408 e. The summed E-state index contributed by atoms with van der Waals surface area (Å²) >= 11 is 0. The highest BCUT2D eigenvalue weighted by atomic mass is 16.6. The zero-order chi connectivity index (χ0) is 28.6. The molecule has 0 saturated carbocycles. The van der Waals surface area contributed by atoms with E-state index in [1.807, 2.05) is 37.3 Å². The molecule has 0 bridgehead atoms. The lowest BCUT2D eigenvalue weighted by Gasteiger charge is -2.36. The first-order chi connectivity index (χ1) is 18.4. The molecule has 2 saturated heterocycles. The third-order valence-electron chi connectivity index (χ3n) is 7.00. The lowest BCUT2D eigenvalue weighted by molar-refractivity contribution is -0.143. The zero-order valence-electron chi connectivity index (χ0n) is 23.4. The Balaban J connectivity index is 1.70. The van der Waals surface area contributed by atoms with Crippen LogP contribution in [0.5, 0.6) is 0 Å². The molecular formula is C28H43N5O6. The Bertz CT molecular complexity index is 998. The lowest BCUT2D eigenvalue weighted by atomic mass is 10.0. The van der Waals surface area contributed by atoms with E-state index in [9.17, 15) is 19.2 Å². The van der Waals surface area contributed by atoms with Gasteiger partial charge in [-0.15, -0.1) is 0 Å². The van der Waals surface area contributed by atoms with Gasteiger partial charge in [0.2, 0.25) is 17.7 Å². The first-order valence-corrected chi connectivity index (χ1v) is 13.7. The maximum Gasteiger partial charge on any atom is 0.408 e. The van der Waals surface area contributed by atoms with Gasteiger partial charge in [-0.3, -0.25) is 14.4 Å². The molecule has 2 aliphatic rings.